The third-order valence-electron chi connectivity index (χ3n) is 9.49. The Labute approximate surface area is 274 Å². The van der Waals surface area contributed by atoms with Crippen molar-refractivity contribution in [3.8, 4) is 0 Å². The number of rotatable bonds is 8. The average Bonchev–Trinajstić information content (AvgIpc) is 3.47. The van der Waals surface area contributed by atoms with Crippen LogP contribution >= 0.6 is 23.2 Å². The number of halogens is 5. The molecule has 6 rings (SSSR count). The third kappa shape index (κ3) is 6.61. The lowest BCUT2D eigenvalue weighted by Gasteiger charge is -2.31. The molecule has 2 amide bonds. The summed E-state index contributed by atoms with van der Waals surface area (Å²) in [7, 11) is 1.83. The number of anilines is 3. The molecule has 1 saturated heterocycles. The summed E-state index contributed by atoms with van der Waals surface area (Å²) in [4.78, 5) is 32.8. The minimum atomic E-state index is -4.21. The summed E-state index contributed by atoms with van der Waals surface area (Å²) in [6.07, 6.45) is -2.46. The number of piperidine rings is 1. The molecule has 46 heavy (non-hydrogen) atoms. The SMILES string of the molecule is Cn1c(Nc2c(Cl)ccc(CNC(=O)C(C)(C)O)c2Cl)nc2cc(C(=O)N[C@H]3CC[C@H](C(F)(F)F)CC3)c(N3CC4CC4C3)cc21. The van der Waals surface area contributed by atoms with Crippen LogP contribution in [0.5, 0.6) is 0 Å². The first-order chi connectivity index (χ1) is 21.6. The Bertz CT molecular complexity index is 1670. The Morgan fingerprint density at radius 3 is 2.37 bits per heavy atom. The van der Waals surface area contributed by atoms with Gasteiger partial charge in [0.2, 0.25) is 5.95 Å². The molecule has 14 heteroatoms. The Morgan fingerprint density at radius 1 is 1.07 bits per heavy atom. The van der Waals surface area contributed by atoms with Gasteiger partial charge < -0.3 is 30.5 Å². The van der Waals surface area contributed by atoms with Gasteiger partial charge in [0.25, 0.3) is 11.8 Å². The summed E-state index contributed by atoms with van der Waals surface area (Å²) >= 11 is 13.2. The van der Waals surface area contributed by atoms with E-state index in [9.17, 15) is 27.9 Å². The van der Waals surface area contributed by atoms with Crippen LogP contribution in [0.2, 0.25) is 10.0 Å². The number of carbonyl (C=O) groups excluding carboxylic acids is 2. The molecule has 3 aromatic rings. The highest BCUT2D eigenvalue weighted by atomic mass is 35.5. The summed E-state index contributed by atoms with van der Waals surface area (Å²) in [5.74, 6) is -0.564. The maximum absolute atomic E-state index is 13.7. The van der Waals surface area contributed by atoms with E-state index in [1.807, 2.05) is 17.7 Å². The van der Waals surface area contributed by atoms with Crippen molar-refractivity contribution >= 4 is 63.4 Å². The van der Waals surface area contributed by atoms with Crippen molar-refractivity contribution in [3.05, 3.63) is 45.4 Å². The van der Waals surface area contributed by atoms with Gasteiger partial charge in [-0.3, -0.25) is 9.59 Å². The second-order valence-corrected chi connectivity index (χ2v) is 14.1. The van der Waals surface area contributed by atoms with Crippen molar-refractivity contribution in [1.29, 1.82) is 0 Å². The van der Waals surface area contributed by atoms with Gasteiger partial charge in [0.15, 0.2) is 0 Å². The fourth-order valence-corrected chi connectivity index (χ4v) is 7.09. The van der Waals surface area contributed by atoms with Crippen molar-refractivity contribution in [2.75, 3.05) is 23.3 Å². The van der Waals surface area contributed by atoms with Crippen LogP contribution in [0.1, 0.15) is 61.9 Å². The Hall–Kier alpha value is -3.22. The van der Waals surface area contributed by atoms with Crippen LogP contribution in [0.3, 0.4) is 0 Å². The number of imidazole rings is 1. The van der Waals surface area contributed by atoms with Gasteiger partial charge in [0.1, 0.15) is 5.60 Å². The van der Waals surface area contributed by atoms with E-state index < -0.39 is 23.6 Å². The van der Waals surface area contributed by atoms with E-state index in [0.717, 1.165) is 24.3 Å². The fraction of sp³-hybridized carbons (Fsp3) is 0.531. The first-order valence-corrected chi connectivity index (χ1v) is 16.2. The minimum Gasteiger partial charge on any atom is -0.381 e. The number of nitrogens with zero attached hydrogens (tertiary/aromatic N) is 3. The van der Waals surface area contributed by atoms with Crippen LogP contribution in [-0.2, 0) is 18.4 Å². The van der Waals surface area contributed by atoms with Crippen LogP contribution in [0.15, 0.2) is 24.3 Å². The molecule has 2 saturated carbocycles. The van der Waals surface area contributed by atoms with Gasteiger partial charge in [-0.05, 0) is 81.5 Å². The Balaban J connectivity index is 1.27. The van der Waals surface area contributed by atoms with Crippen molar-refractivity contribution < 1.29 is 27.9 Å². The number of nitrogens with one attached hydrogen (secondary N) is 3. The number of aromatic nitrogens is 2. The predicted octanol–water partition coefficient (Wildman–Crippen LogP) is 6.32. The van der Waals surface area contributed by atoms with Crippen molar-refractivity contribution in [2.45, 2.75) is 70.3 Å². The molecule has 2 atom stereocenters. The van der Waals surface area contributed by atoms with E-state index in [0.29, 0.717) is 45.1 Å². The zero-order valence-corrected chi connectivity index (χ0v) is 27.3. The molecule has 3 aliphatic rings. The molecule has 2 heterocycles. The molecular weight excluding hydrogens is 644 g/mol. The number of alkyl halides is 3. The summed E-state index contributed by atoms with van der Waals surface area (Å²) in [5, 5.41) is 19.4. The van der Waals surface area contributed by atoms with Gasteiger partial charge in [-0.25, -0.2) is 4.98 Å². The van der Waals surface area contributed by atoms with Gasteiger partial charge in [-0.2, -0.15) is 13.2 Å². The van der Waals surface area contributed by atoms with Gasteiger partial charge >= 0.3 is 6.18 Å². The van der Waals surface area contributed by atoms with Gasteiger partial charge in [0, 0.05) is 32.7 Å². The zero-order chi connectivity index (χ0) is 33.1. The highest BCUT2D eigenvalue weighted by Crippen LogP contribution is 2.47. The normalized spacial score (nSPS) is 22.9. The largest absolute Gasteiger partial charge is 0.391 e. The smallest absolute Gasteiger partial charge is 0.381 e. The van der Waals surface area contributed by atoms with Crippen LogP contribution in [0.4, 0.5) is 30.5 Å². The summed E-state index contributed by atoms with van der Waals surface area (Å²) in [6, 6.07) is 6.68. The number of fused-ring (bicyclic) bond motifs is 2. The lowest BCUT2D eigenvalue weighted by Crippen LogP contribution is -2.41. The fourth-order valence-electron chi connectivity index (χ4n) is 6.56. The van der Waals surface area contributed by atoms with Crippen molar-refractivity contribution in [2.24, 2.45) is 24.8 Å². The first kappa shape index (κ1) is 32.7. The van der Waals surface area contributed by atoms with E-state index >= 15 is 0 Å². The minimum absolute atomic E-state index is 0.00318. The second kappa shape index (κ2) is 12.1. The molecule has 1 aromatic heterocycles. The number of aryl methyl sites for hydroxylation is 1. The highest BCUT2D eigenvalue weighted by molar-refractivity contribution is 6.39. The summed E-state index contributed by atoms with van der Waals surface area (Å²) in [5.41, 5.74) is 1.93. The Morgan fingerprint density at radius 2 is 1.74 bits per heavy atom. The number of hydrogen-bond donors (Lipinski definition) is 4. The number of amides is 2. The number of aliphatic hydroxyl groups is 1. The molecule has 1 aliphatic heterocycles. The summed E-state index contributed by atoms with van der Waals surface area (Å²) in [6.45, 7) is 4.53. The molecule has 3 fully saturated rings. The summed E-state index contributed by atoms with van der Waals surface area (Å²) < 4.78 is 41.4. The monoisotopic (exact) mass is 680 g/mol. The zero-order valence-electron chi connectivity index (χ0n) is 25.8. The highest BCUT2D eigenvalue weighted by Gasteiger charge is 2.46. The molecule has 9 nitrogen and oxygen atoms in total. The maximum Gasteiger partial charge on any atom is 0.391 e. The molecule has 0 radical (unpaired) electrons. The molecule has 2 aliphatic carbocycles. The first-order valence-electron chi connectivity index (χ1n) is 15.5. The quantitative estimate of drug-likeness (QED) is 0.222. The van der Waals surface area contributed by atoms with Crippen LogP contribution in [0.25, 0.3) is 11.0 Å². The predicted molar refractivity (Wildman–Crippen MR) is 172 cm³/mol. The Kier molecular flexibility index (Phi) is 8.60. The van der Waals surface area contributed by atoms with Crippen molar-refractivity contribution in [3.63, 3.8) is 0 Å². The van der Waals surface area contributed by atoms with E-state index in [2.05, 4.69) is 20.9 Å². The molecule has 0 spiro atoms. The van der Waals surface area contributed by atoms with Crippen LogP contribution in [0, 0.1) is 17.8 Å². The van der Waals surface area contributed by atoms with Crippen molar-refractivity contribution in [1.82, 2.24) is 20.2 Å². The van der Waals surface area contributed by atoms with Crippen LogP contribution < -0.4 is 20.9 Å². The second-order valence-electron chi connectivity index (χ2n) is 13.3. The average molecular weight is 682 g/mol. The lowest BCUT2D eigenvalue weighted by atomic mass is 9.85. The van der Waals surface area contributed by atoms with E-state index in [4.69, 9.17) is 28.2 Å². The van der Waals surface area contributed by atoms with E-state index in [1.54, 1.807) is 18.2 Å². The number of carbonyl (C=O) groups is 2. The van der Waals surface area contributed by atoms with E-state index in [1.165, 1.54) is 20.3 Å². The molecule has 4 N–H and O–H groups in total. The third-order valence-corrected chi connectivity index (χ3v) is 10.2. The van der Waals surface area contributed by atoms with Gasteiger partial charge in [-0.15, -0.1) is 0 Å². The van der Waals surface area contributed by atoms with E-state index in [-0.39, 0.29) is 49.2 Å². The number of benzene rings is 2. The topological polar surface area (TPSA) is 112 Å². The molecule has 248 valence electrons. The van der Waals surface area contributed by atoms with Gasteiger partial charge in [-0.1, -0.05) is 29.3 Å². The molecule has 2 aromatic carbocycles. The number of hydrogen-bond acceptors (Lipinski definition) is 6. The lowest BCUT2D eigenvalue weighted by molar-refractivity contribution is -0.182. The molecular formula is C32H37Cl2F3N6O3. The standard InChI is InChI=1S/C32H37Cl2F3N6O3/c1-31(2,46)29(45)38-13-16-4-9-22(33)27(26(16)34)41-30-40-23-11-21(28(44)39-20-7-5-19(6-8-20)32(35,36)37)24(12-25(23)42(30)3)43-14-17-10-18(17)15-43/h4,9,11-12,17-20,46H,5-8,10,13-15H2,1-3H3,(H,38,45)(H,39,44)(H,40,41)/t17?,18?,19-,20-. The van der Waals surface area contributed by atoms with Crippen LogP contribution in [-0.4, -0.2) is 57.4 Å². The molecule has 0 bridgehead atoms. The maximum atomic E-state index is 13.7. The van der Waals surface area contributed by atoms with Gasteiger partial charge in [0.05, 0.1) is 43.9 Å². The molecule has 2 unspecified atom stereocenters.